The summed E-state index contributed by atoms with van der Waals surface area (Å²) in [7, 11) is 1.90. The SMILES string of the molecule is CCCCc1nc(CCC)c(Br)c(NC)n1. The molecule has 90 valence electrons. The van der Waals surface area contributed by atoms with Crippen molar-refractivity contribution < 1.29 is 0 Å². The van der Waals surface area contributed by atoms with Crippen LogP contribution in [-0.2, 0) is 12.8 Å². The molecule has 0 radical (unpaired) electrons. The van der Waals surface area contributed by atoms with Crippen LogP contribution in [0.3, 0.4) is 0 Å². The minimum Gasteiger partial charge on any atom is -0.372 e. The molecule has 0 atom stereocenters. The molecule has 0 fully saturated rings. The van der Waals surface area contributed by atoms with Gasteiger partial charge in [-0.3, -0.25) is 0 Å². The molecule has 0 spiro atoms. The van der Waals surface area contributed by atoms with E-state index in [2.05, 4.69) is 45.1 Å². The standard InChI is InChI=1S/C12H20BrN3/c1-4-6-8-10-15-9(7-5-2)11(13)12(14-3)16-10/h4-8H2,1-3H3,(H,14,15,16). The minimum absolute atomic E-state index is 0.907. The van der Waals surface area contributed by atoms with E-state index >= 15 is 0 Å². The monoisotopic (exact) mass is 285 g/mol. The van der Waals surface area contributed by atoms with Gasteiger partial charge < -0.3 is 5.32 Å². The smallest absolute Gasteiger partial charge is 0.144 e. The molecular formula is C12H20BrN3. The third-order valence-corrected chi connectivity index (χ3v) is 3.28. The van der Waals surface area contributed by atoms with E-state index in [1.807, 2.05) is 7.05 Å². The predicted molar refractivity (Wildman–Crippen MR) is 71.9 cm³/mol. The fraction of sp³-hybridized carbons (Fsp3) is 0.667. The highest BCUT2D eigenvalue weighted by atomic mass is 79.9. The quantitative estimate of drug-likeness (QED) is 0.868. The van der Waals surface area contributed by atoms with Crippen LogP contribution in [0.15, 0.2) is 4.47 Å². The van der Waals surface area contributed by atoms with Gasteiger partial charge in [0.05, 0.1) is 10.2 Å². The molecule has 16 heavy (non-hydrogen) atoms. The van der Waals surface area contributed by atoms with Crippen LogP contribution in [0.2, 0.25) is 0 Å². The number of aryl methyl sites for hydroxylation is 2. The number of anilines is 1. The second-order valence-electron chi connectivity index (χ2n) is 3.85. The van der Waals surface area contributed by atoms with E-state index in [9.17, 15) is 0 Å². The number of hydrogen-bond acceptors (Lipinski definition) is 3. The van der Waals surface area contributed by atoms with Crippen LogP contribution in [0.25, 0.3) is 0 Å². The van der Waals surface area contributed by atoms with Gasteiger partial charge in [0, 0.05) is 13.5 Å². The lowest BCUT2D eigenvalue weighted by molar-refractivity contribution is 0.737. The zero-order valence-corrected chi connectivity index (χ0v) is 11.9. The summed E-state index contributed by atoms with van der Waals surface area (Å²) in [4.78, 5) is 9.11. The Morgan fingerprint density at radius 2 is 1.88 bits per heavy atom. The molecule has 1 rings (SSSR count). The lowest BCUT2D eigenvalue weighted by Crippen LogP contribution is -2.05. The Morgan fingerprint density at radius 3 is 2.44 bits per heavy atom. The summed E-state index contributed by atoms with van der Waals surface area (Å²) in [5.41, 5.74) is 1.12. The van der Waals surface area contributed by atoms with Crippen molar-refractivity contribution in [2.24, 2.45) is 0 Å². The van der Waals surface area contributed by atoms with Crippen LogP contribution >= 0.6 is 15.9 Å². The first-order valence-corrected chi connectivity index (χ1v) is 6.75. The molecule has 0 bridgehead atoms. The highest BCUT2D eigenvalue weighted by molar-refractivity contribution is 9.10. The van der Waals surface area contributed by atoms with Crippen LogP contribution < -0.4 is 5.32 Å². The van der Waals surface area contributed by atoms with Gasteiger partial charge in [-0.15, -0.1) is 0 Å². The first-order chi connectivity index (χ1) is 7.72. The molecule has 4 heteroatoms. The molecular weight excluding hydrogens is 266 g/mol. The van der Waals surface area contributed by atoms with E-state index in [1.54, 1.807) is 0 Å². The number of unbranched alkanes of at least 4 members (excludes halogenated alkanes) is 1. The van der Waals surface area contributed by atoms with Gasteiger partial charge >= 0.3 is 0 Å². The maximum atomic E-state index is 4.61. The number of aromatic nitrogens is 2. The number of rotatable bonds is 6. The molecule has 0 unspecified atom stereocenters. The highest BCUT2D eigenvalue weighted by Gasteiger charge is 2.10. The molecule has 0 aliphatic carbocycles. The molecule has 0 saturated carbocycles. The second kappa shape index (κ2) is 6.84. The van der Waals surface area contributed by atoms with Crippen LogP contribution in [0.5, 0.6) is 0 Å². The highest BCUT2D eigenvalue weighted by Crippen LogP contribution is 2.24. The van der Waals surface area contributed by atoms with Gasteiger partial charge in [-0.05, 0) is 28.8 Å². The lowest BCUT2D eigenvalue weighted by Gasteiger charge is -2.10. The Kier molecular flexibility index (Phi) is 5.74. The number of nitrogens with zero attached hydrogens (tertiary/aromatic N) is 2. The van der Waals surface area contributed by atoms with E-state index in [4.69, 9.17) is 0 Å². The van der Waals surface area contributed by atoms with Gasteiger partial charge in [-0.25, -0.2) is 9.97 Å². The second-order valence-corrected chi connectivity index (χ2v) is 4.65. The average Bonchev–Trinajstić information content (AvgIpc) is 2.30. The van der Waals surface area contributed by atoms with Crippen molar-refractivity contribution in [2.75, 3.05) is 12.4 Å². The number of nitrogens with one attached hydrogen (secondary N) is 1. The third-order valence-electron chi connectivity index (χ3n) is 2.44. The Morgan fingerprint density at radius 1 is 1.12 bits per heavy atom. The van der Waals surface area contributed by atoms with Gasteiger partial charge in [-0.2, -0.15) is 0 Å². The van der Waals surface area contributed by atoms with E-state index in [0.717, 1.165) is 47.5 Å². The molecule has 0 aliphatic rings. The topological polar surface area (TPSA) is 37.8 Å². The minimum atomic E-state index is 0.907. The van der Waals surface area contributed by atoms with Crippen LogP contribution in [0.4, 0.5) is 5.82 Å². The van der Waals surface area contributed by atoms with Gasteiger partial charge in [0.2, 0.25) is 0 Å². The van der Waals surface area contributed by atoms with Crippen molar-refractivity contribution >= 4 is 21.7 Å². The first-order valence-electron chi connectivity index (χ1n) is 5.95. The van der Waals surface area contributed by atoms with Crippen molar-refractivity contribution in [3.8, 4) is 0 Å². The van der Waals surface area contributed by atoms with Crippen molar-refractivity contribution in [2.45, 2.75) is 46.0 Å². The van der Waals surface area contributed by atoms with Crippen LogP contribution in [0.1, 0.15) is 44.6 Å². The summed E-state index contributed by atoms with van der Waals surface area (Å²) in [5, 5.41) is 3.11. The van der Waals surface area contributed by atoms with Crippen molar-refractivity contribution in [1.82, 2.24) is 9.97 Å². The zero-order chi connectivity index (χ0) is 12.0. The molecule has 1 aromatic rings. The van der Waals surface area contributed by atoms with Crippen molar-refractivity contribution in [1.29, 1.82) is 0 Å². The molecule has 0 aliphatic heterocycles. The average molecular weight is 286 g/mol. The third kappa shape index (κ3) is 3.44. The summed E-state index contributed by atoms with van der Waals surface area (Å²) in [6.07, 6.45) is 5.39. The van der Waals surface area contributed by atoms with E-state index in [1.165, 1.54) is 6.42 Å². The molecule has 0 amide bonds. The maximum Gasteiger partial charge on any atom is 0.144 e. The molecule has 0 saturated heterocycles. The lowest BCUT2D eigenvalue weighted by atomic mass is 10.2. The fourth-order valence-electron chi connectivity index (χ4n) is 1.56. The molecule has 3 nitrogen and oxygen atoms in total. The van der Waals surface area contributed by atoms with Gasteiger partial charge in [0.15, 0.2) is 0 Å². The summed E-state index contributed by atoms with van der Waals surface area (Å²) in [6, 6.07) is 0. The Hall–Kier alpha value is -0.640. The zero-order valence-electron chi connectivity index (χ0n) is 10.3. The Balaban J connectivity index is 2.97. The number of hydrogen-bond donors (Lipinski definition) is 1. The van der Waals surface area contributed by atoms with Gasteiger partial charge in [0.25, 0.3) is 0 Å². The van der Waals surface area contributed by atoms with Crippen molar-refractivity contribution in [3.63, 3.8) is 0 Å². The number of halogens is 1. The summed E-state index contributed by atoms with van der Waals surface area (Å²) in [6.45, 7) is 4.35. The van der Waals surface area contributed by atoms with E-state index < -0.39 is 0 Å². The molecule has 1 aromatic heterocycles. The Bertz CT molecular complexity index is 339. The van der Waals surface area contributed by atoms with Gasteiger partial charge in [0.1, 0.15) is 11.6 Å². The van der Waals surface area contributed by atoms with E-state index in [0.29, 0.717) is 0 Å². The van der Waals surface area contributed by atoms with Crippen LogP contribution in [0, 0.1) is 0 Å². The van der Waals surface area contributed by atoms with E-state index in [-0.39, 0.29) is 0 Å². The van der Waals surface area contributed by atoms with Crippen molar-refractivity contribution in [3.05, 3.63) is 16.0 Å². The molecule has 1 N–H and O–H groups in total. The summed E-state index contributed by atoms with van der Waals surface area (Å²) < 4.78 is 1.01. The molecule has 1 heterocycles. The maximum absolute atomic E-state index is 4.61. The summed E-state index contributed by atoms with van der Waals surface area (Å²) >= 11 is 3.56. The normalized spacial score (nSPS) is 10.5. The van der Waals surface area contributed by atoms with Gasteiger partial charge in [-0.1, -0.05) is 26.7 Å². The first kappa shape index (κ1) is 13.4. The predicted octanol–water partition coefficient (Wildman–Crippen LogP) is 3.58. The summed E-state index contributed by atoms with van der Waals surface area (Å²) in [5.74, 6) is 1.86. The fourth-order valence-corrected chi connectivity index (χ4v) is 2.13. The Labute approximate surface area is 106 Å². The largest absolute Gasteiger partial charge is 0.372 e. The molecule has 0 aromatic carbocycles. The van der Waals surface area contributed by atoms with Crippen LogP contribution in [-0.4, -0.2) is 17.0 Å².